The van der Waals surface area contributed by atoms with Crippen molar-refractivity contribution in [2.24, 2.45) is 10.2 Å². The van der Waals surface area contributed by atoms with Crippen LogP contribution in [0.5, 0.6) is 5.75 Å². The maximum Gasteiger partial charge on any atom is 0.185 e. The third-order valence-corrected chi connectivity index (χ3v) is 4.31. The Morgan fingerprint density at radius 2 is 1.77 bits per heavy atom. The fraction of sp³-hybridized carbons (Fsp3) is 0.0526. The molecule has 0 atom stereocenters. The van der Waals surface area contributed by atoms with Gasteiger partial charge in [-0.2, -0.15) is 5.11 Å². The van der Waals surface area contributed by atoms with Crippen LogP contribution in [0.4, 0.5) is 17.2 Å². The number of anilines is 1. The predicted octanol–water partition coefficient (Wildman–Crippen LogP) is 4.29. The van der Waals surface area contributed by atoms with E-state index in [0.717, 1.165) is 28.3 Å². The third-order valence-electron chi connectivity index (χ3n) is 4.31. The highest BCUT2D eigenvalue weighted by Gasteiger charge is 2.23. The van der Waals surface area contributed by atoms with Gasteiger partial charge in [0.15, 0.2) is 17.2 Å². The number of hydrogen-bond donors (Lipinski definition) is 1. The van der Waals surface area contributed by atoms with Crippen LogP contribution in [0.1, 0.15) is 5.69 Å². The molecule has 7 nitrogen and oxygen atoms in total. The van der Waals surface area contributed by atoms with Gasteiger partial charge in [-0.1, -0.05) is 36.4 Å². The van der Waals surface area contributed by atoms with Crippen LogP contribution in [0.3, 0.4) is 0 Å². The molecule has 2 aromatic carbocycles. The highest BCUT2D eigenvalue weighted by Crippen LogP contribution is 2.38. The summed E-state index contributed by atoms with van der Waals surface area (Å²) < 4.78 is 7.55. The van der Waals surface area contributed by atoms with Gasteiger partial charge in [0.05, 0.1) is 11.4 Å². The van der Waals surface area contributed by atoms with Gasteiger partial charge in [0.1, 0.15) is 12.4 Å². The lowest BCUT2D eigenvalue weighted by molar-refractivity contribution is 0.293. The van der Waals surface area contributed by atoms with Gasteiger partial charge in [-0.3, -0.25) is 0 Å². The maximum absolute atomic E-state index is 6.08. The van der Waals surface area contributed by atoms with Crippen LogP contribution in [0, 0.1) is 0 Å². The zero-order chi connectivity index (χ0) is 17.5. The summed E-state index contributed by atoms with van der Waals surface area (Å²) in [7, 11) is 0. The van der Waals surface area contributed by atoms with Gasteiger partial charge in [-0.05, 0) is 18.2 Å². The molecule has 0 fully saturated rings. The summed E-state index contributed by atoms with van der Waals surface area (Å²) in [5.41, 5.74) is 10.7. The minimum absolute atomic E-state index is 0.282. The standard InChI is InChI=1S/C19H14N6O/c20-18-17(23-22-12-6-2-1-3-7-12)19-21-10-14-13-8-4-5-9-16(13)26-11-15(14)25(19)24-18/h1-10H,11H2,(H2,20,24). The Morgan fingerprint density at radius 3 is 2.65 bits per heavy atom. The Hall–Kier alpha value is -3.74. The first-order valence-corrected chi connectivity index (χ1v) is 8.16. The molecule has 0 amide bonds. The van der Waals surface area contributed by atoms with Gasteiger partial charge >= 0.3 is 0 Å². The number of nitrogens with zero attached hydrogens (tertiary/aromatic N) is 5. The molecule has 2 N–H and O–H groups in total. The summed E-state index contributed by atoms with van der Waals surface area (Å²) in [6, 6.07) is 17.3. The number of benzene rings is 2. The lowest BCUT2D eigenvalue weighted by Gasteiger charge is -2.20. The molecule has 0 saturated carbocycles. The first-order valence-electron chi connectivity index (χ1n) is 8.16. The van der Waals surface area contributed by atoms with Crippen molar-refractivity contribution in [2.45, 2.75) is 6.61 Å². The van der Waals surface area contributed by atoms with Crippen molar-refractivity contribution in [2.75, 3.05) is 5.73 Å². The second-order valence-electron chi connectivity index (χ2n) is 5.91. The van der Waals surface area contributed by atoms with Crippen LogP contribution < -0.4 is 10.5 Å². The molecular weight excluding hydrogens is 328 g/mol. The molecule has 1 aliphatic rings. The summed E-state index contributed by atoms with van der Waals surface area (Å²) in [6.45, 7) is 0.391. The van der Waals surface area contributed by atoms with Crippen molar-refractivity contribution >= 4 is 22.8 Å². The number of hydrogen-bond acceptors (Lipinski definition) is 6. The molecule has 0 spiro atoms. The third kappa shape index (κ3) is 2.21. The second-order valence-corrected chi connectivity index (χ2v) is 5.91. The molecule has 7 heteroatoms. The van der Waals surface area contributed by atoms with Crippen molar-refractivity contribution in [1.82, 2.24) is 14.6 Å². The van der Waals surface area contributed by atoms with Gasteiger partial charge in [0.2, 0.25) is 0 Å². The first kappa shape index (κ1) is 14.6. The molecule has 3 heterocycles. The van der Waals surface area contributed by atoms with Gasteiger partial charge in [0, 0.05) is 17.3 Å². The minimum atomic E-state index is 0.282. The monoisotopic (exact) mass is 342 g/mol. The average Bonchev–Trinajstić information content (AvgIpc) is 3.02. The molecule has 0 bridgehead atoms. The van der Waals surface area contributed by atoms with E-state index >= 15 is 0 Å². The van der Waals surface area contributed by atoms with E-state index in [1.54, 1.807) is 4.52 Å². The van der Waals surface area contributed by atoms with Crippen molar-refractivity contribution in [3.8, 4) is 16.9 Å². The number of para-hydroxylation sites is 1. The van der Waals surface area contributed by atoms with Gasteiger partial charge in [-0.15, -0.1) is 10.2 Å². The van der Waals surface area contributed by atoms with Crippen LogP contribution >= 0.6 is 0 Å². The Labute approximate surface area is 148 Å². The van der Waals surface area contributed by atoms with Crippen molar-refractivity contribution in [1.29, 1.82) is 0 Å². The van der Waals surface area contributed by atoms with E-state index in [0.29, 0.717) is 17.9 Å². The van der Waals surface area contributed by atoms with E-state index in [1.807, 2.05) is 60.8 Å². The number of aromatic nitrogens is 3. The van der Waals surface area contributed by atoms with E-state index in [-0.39, 0.29) is 5.82 Å². The normalized spacial score (nSPS) is 12.8. The van der Waals surface area contributed by atoms with Gasteiger partial charge in [0.25, 0.3) is 0 Å². The number of ether oxygens (including phenoxy) is 1. The van der Waals surface area contributed by atoms with E-state index in [4.69, 9.17) is 10.5 Å². The quantitative estimate of drug-likeness (QED) is 0.550. The Bertz CT molecular complexity index is 1150. The van der Waals surface area contributed by atoms with Crippen LogP contribution in [0.15, 0.2) is 71.0 Å². The van der Waals surface area contributed by atoms with Crippen LogP contribution in [-0.4, -0.2) is 14.6 Å². The van der Waals surface area contributed by atoms with E-state index in [1.165, 1.54) is 0 Å². The van der Waals surface area contributed by atoms with E-state index in [2.05, 4.69) is 20.3 Å². The summed E-state index contributed by atoms with van der Waals surface area (Å²) >= 11 is 0. The number of azo groups is 1. The molecular formula is C19H14N6O. The molecule has 0 aliphatic carbocycles. The summed E-state index contributed by atoms with van der Waals surface area (Å²) in [5.74, 6) is 1.12. The van der Waals surface area contributed by atoms with Crippen LogP contribution in [0.25, 0.3) is 16.8 Å². The molecule has 0 radical (unpaired) electrons. The Kier molecular flexibility index (Phi) is 3.18. The molecule has 4 aromatic rings. The minimum Gasteiger partial charge on any atom is -0.487 e. The molecule has 0 unspecified atom stereocenters. The molecule has 126 valence electrons. The van der Waals surface area contributed by atoms with E-state index < -0.39 is 0 Å². The number of nitrogens with two attached hydrogens (primary N) is 1. The van der Waals surface area contributed by atoms with Gasteiger partial charge in [-0.25, -0.2) is 9.50 Å². The van der Waals surface area contributed by atoms with Crippen LogP contribution in [-0.2, 0) is 6.61 Å². The lowest BCUT2D eigenvalue weighted by Crippen LogP contribution is -2.12. The molecule has 5 rings (SSSR count). The summed E-state index contributed by atoms with van der Waals surface area (Å²) in [5, 5.41) is 12.9. The van der Waals surface area contributed by atoms with Crippen LogP contribution in [0.2, 0.25) is 0 Å². The summed E-state index contributed by atoms with van der Waals surface area (Å²) in [6.07, 6.45) is 1.81. The average molecular weight is 342 g/mol. The Morgan fingerprint density at radius 1 is 0.962 bits per heavy atom. The molecule has 26 heavy (non-hydrogen) atoms. The molecule has 0 saturated heterocycles. The zero-order valence-electron chi connectivity index (χ0n) is 13.7. The van der Waals surface area contributed by atoms with Crippen molar-refractivity contribution < 1.29 is 4.74 Å². The van der Waals surface area contributed by atoms with Crippen molar-refractivity contribution in [3.05, 3.63) is 66.5 Å². The second kappa shape index (κ2) is 5.66. The molecule has 2 aromatic heterocycles. The maximum atomic E-state index is 6.08. The molecule has 1 aliphatic heterocycles. The SMILES string of the molecule is Nc1nn2c3c(cnc2c1N=Nc1ccccc1)-c1ccccc1OC3. The fourth-order valence-corrected chi connectivity index (χ4v) is 3.06. The number of nitrogen functional groups attached to an aromatic ring is 1. The van der Waals surface area contributed by atoms with Gasteiger partial charge < -0.3 is 10.5 Å². The highest BCUT2D eigenvalue weighted by molar-refractivity contribution is 5.79. The lowest BCUT2D eigenvalue weighted by atomic mass is 10.0. The number of fused-ring (bicyclic) bond motifs is 5. The summed E-state index contributed by atoms with van der Waals surface area (Å²) in [4.78, 5) is 4.54. The predicted molar refractivity (Wildman–Crippen MR) is 97.8 cm³/mol. The number of rotatable bonds is 2. The zero-order valence-corrected chi connectivity index (χ0v) is 13.7. The largest absolute Gasteiger partial charge is 0.487 e. The Balaban J connectivity index is 1.65. The topological polar surface area (TPSA) is 90.2 Å². The highest BCUT2D eigenvalue weighted by atomic mass is 16.5. The fourth-order valence-electron chi connectivity index (χ4n) is 3.06. The van der Waals surface area contributed by atoms with E-state index in [9.17, 15) is 0 Å². The first-order chi connectivity index (χ1) is 12.8. The smallest absolute Gasteiger partial charge is 0.185 e. The van der Waals surface area contributed by atoms with Crippen molar-refractivity contribution in [3.63, 3.8) is 0 Å².